The zero-order valence-electron chi connectivity index (χ0n) is 7.42. The molecule has 4 nitrogen and oxygen atoms in total. The van der Waals surface area contributed by atoms with Gasteiger partial charge in [-0.25, -0.2) is 0 Å². The minimum Gasteiger partial charge on any atom is -0.481 e. The van der Waals surface area contributed by atoms with Gasteiger partial charge in [0.05, 0.1) is 5.92 Å². The molecule has 1 rings (SSSR count). The van der Waals surface area contributed by atoms with Crippen LogP contribution in [-0.4, -0.2) is 42.8 Å². The van der Waals surface area contributed by atoms with Crippen LogP contribution in [0.5, 0.6) is 0 Å². The van der Waals surface area contributed by atoms with E-state index in [2.05, 4.69) is 10.2 Å². The molecule has 70 valence electrons. The Kier molecular flexibility index (Phi) is 3.49. The number of carbonyl (C=O) groups is 1. The second-order valence-corrected chi connectivity index (χ2v) is 3.24. The first-order chi connectivity index (χ1) is 5.74. The minimum absolute atomic E-state index is 0.113. The molecule has 0 aromatic heterocycles. The third kappa shape index (κ3) is 2.46. The van der Waals surface area contributed by atoms with Gasteiger partial charge in [0.15, 0.2) is 0 Å². The van der Waals surface area contributed by atoms with Crippen molar-refractivity contribution < 1.29 is 9.90 Å². The van der Waals surface area contributed by atoms with Gasteiger partial charge in [-0.2, -0.15) is 0 Å². The molecule has 0 amide bonds. The normalized spacial score (nSPS) is 21.1. The lowest BCUT2D eigenvalue weighted by Gasteiger charge is -2.29. The Morgan fingerprint density at radius 3 is 2.58 bits per heavy atom. The SMILES string of the molecule is CNCN1CCC(C(=O)O)CC1. The topological polar surface area (TPSA) is 52.6 Å². The fraction of sp³-hybridized carbons (Fsp3) is 0.875. The van der Waals surface area contributed by atoms with Crippen molar-refractivity contribution in [3.8, 4) is 0 Å². The van der Waals surface area contributed by atoms with Crippen LogP contribution in [0, 0.1) is 5.92 Å². The quantitative estimate of drug-likeness (QED) is 0.627. The van der Waals surface area contributed by atoms with E-state index in [-0.39, 0.29) is 5.92 Å². The van der Waals surface area contributed by atoms with Crippen LogP contribution >= 0.6 is 0 Å². The maximum absolute atomic E-state index is 10.6. The number of nitrogens with one attached hydrogen (secondary N) is 1. The van der Waals surface area contributed by atoms with Crippen molar-refractivity contribution >= 4 is 5.97 Å². The minimum atomic E-state index is -0.640. The van der Waals surface area contributed by atoms with Gasteiger partial charge in [-0.3, -0.25) is 9.69 Å². The summed E-state index contributed by atoms with van der Waals surface area (Å²) in [6.45, 7) is 2.67. The van der Waals surface area contributed by atoms with Gasteiger partial charge in [-0.15, -0.1) is 0 Å². The van der Waals surface area contributed by atoms with E-state index in [9.17, 15) is 4.79 Å². The molecule has 2 N–H and O–H groups in total. The number of piperidine rings is 1. The van der Waals surface area contributed by atoms with Crippen LogP contribution in [0.1, 0.15) is 12.8 Å². The molecule has 0 bridgehead atoms. The van der Waals surface area contributed by atoms with Gasteiger partial charge in [0, 0.05) is 19.8 Å². The third-order valence-corrected chi connectivity index (χ3v) is 2.32. The van der Waals surface area contributed by atoms with E-state index in [0.717, 1.165) is 32.6 Å². The van der Waals surface area contributed by atoms with Crippen LogP contribution in [-0.2, 0) is 4.79 Å². The van der Waals surface area contributed by atoms with Crippen LogP contribution < -0.4 is 5.32 Å². The van der Waals surface area contributed by atoms with Crippen molar-refractivity contribution in [1.82, 2.24) is 10.2 Å². The summed E-state index contributed by atoms with van der Waals surface area (Å²) in [6.07, 6.45) is 1.58. The number of rotatable bonds is 3. The third-order valence-electron chi connectivity index (χ3n) is 2.32. The van der Waals surface area contributed by atoms with Gasteiger partial charge < -0.3 is 10.4 Å². The Balaban J connectivity index is 2.25. The fourth-order valence-electron chi connectivity index (χ4n) is 1.56. The smallest absolute Gasteiger partial charge is 0.306 e. The number of carboxylic acid groups (broad SMARTS) is 1. The maximum atomic E-state index is 10.6. The lowest BCUT2D eigenvalue weighted by atomic mass is 9.97. The largest absolute Gasteiger partial charge is 0.481 e. The first-order valence-electron chi connectivity index (χ1n) is 4.34. The van der Waals surface area contributed by atoms with E-state index in [1.165, 1.54) is 0 Å². The van der Waals surface area contributed by atoms with Crippen molar-refractivity contribution in [2.45, 2.75) is 12.8 Å². The highest BCUT2D eigenvalue weighted by atomic mass is 16.4. The molecule has 0 radical (unpaired) electrons. The van der Waals surface area contributed by atoms with Crippen molar-refractivity contribution in [1.29, 1.82) is 0 Å². The van der Waals surface area contributed by atoms with Gasteiger partial charge in [0.1, 0.15) is 0 Å². The summed E-state index contributed by atoms with van der Waals surface area (Å²) in [5, 5.41) is 11.8. The zero-order chi connectivity index (χ0) is 8.97. The molecule has 12 heavy (non-hydrogen) atoms. The highest BCUT2D eigenvalue weighted by molar-refractivity contribution is 5.70. The van der Waals surface area contributed by atoms with Gasteiger partial charge in [-0.05, 0) is 19.9 Å². The Bertz CT molecular complexity index is 153. The number of carboxylic acids is 1. The second kappa shape index (κ2) is 4.42. The van der Waals surface area contributed by atoms with Crippen LogP contribution in [0.25, 0.3) is 0 Å². The molecule has 1 saturated heterocycles. The van der Waals surface area contributed by atoms with Crippen molar-refractivity contribution in [2.24, 2.45) is 5.92 Å². The lowest BCUT2D eigenvalue weighted by Crippen LogP contribution is -2.40. The van der Waals surface area contributed by atoms with E-state index < -0.39 is 5.97 Å². The fourth-order valence-corrected chi connectivity index (χ4v) is 1.56. The lowest BCUT2D eigenvalue weighted by molar-refractivity contribution is -0.143. The summed E-state index contributed by atoms with van der Waals surface area (Å²) in [5.41, 5.74) is 0. The number of hydrogen-bond donors (Lipinski definition) is 2. The van der Waals surface area contributed by atoms with Crippen LogP contribution in [0.15, 0.2) is 0 Å². The predicted octanol–water partition coefficient (Wildman–Crippen LogP) is -0.0401. The maximum Gasteiger partial charge on any atom is 0.306 e. The van der Waals surface area contributed by atoms with Gasteiger partial charge >= 0.3 is 5.97 Å². The van der Waals surface area contributed by atoms with E-state index in [1.807, 2.05) is 7.05 Å². The van der Waals surface area contributed by atoms with E-state index in [4.69, 9.17) is 5.11 Å². The molecule has 4 heteroatoms. The Morgan fingerprint density at radius 1 is 1.58 bits per heavy atom. The Morgan fingerprint density at radius 2 is 2.17 bits per heavy atom. The zero-order valence-corrected chi connectivity index (χ0v) is 7.42. The van der Waals surface area contributed by atoms with Gasteiger partial charge in [0.25, 0.3) is 0 Å². The first-order valence-corrected chi connectivity index (χ1v) is 4.34. The standard InChI is InChI=1S/C8H16N2O2/c1-9-6-10-4-2-7(3-5-10)8(11)12/h7,9H,2-6H2,1H3,(H,11,12). The average Bonchev–Trinajstić information content (AvgIpc) is 2.06. The summed E-state index contributed by atoms with van der Waals surface area (Å²) in [7, 11) is 1.91. The number of aliphatic carboxylic acids is 1. The summed E-state index contributed by atoms with van der Waals surface area (Å²) >= 11 is 0. The molecule has 0 saturated carbocycles. The van der Waals surface area contributed by atoms with Crippen molar-refractivity contribution in [3.05, 3.63) is 0 Å². The molecule has 0 aromatic carbocycles. The van der Waals surface area contributed by atoms with Crippen LogP contribution in [0.4, 0.5) is 0 Å². The molecule has 1 fully saturated rings. The molecule has 1 aliphatic rings. The van der Waals surface area contributed by atoms with Gasteiger partial charge in [-0.1, -0.05) is 0 Å². The highest BCUT2D eigenvalue weighted by Crippen LogP contribution is 2.16. The second-order valence-electron chi connectivity index (χ2n) is 3.24. The molecular weight excluding hydrogens is 156 g/mol. The van der Waals surface area contributed by atoms with Crippen molar-refractivity contribution in [2.75, 3.05) is 26.8 Å². The molecule has 0 atom stereocenters. The molecule has 1 aliphatic heterocycles. The van der Waals surface area contributed by atoms with Gasteiger partial charge in [0.2, 0.25) is 0 Å². The Hall–Kier alpha value is -0.610. The van der Waals surface area contributed by atoms with E-state index >= 15 is 0 Å². The molecule has 0 spiro atoms. The average molecular weight is 172 g/mol. The Labute approximate surface area is 72.6 Å². The predicted molar refractivity (Wildman–Crippen MR) is 45.9 cm³/mol. The number of hydrogen-bond acceptors (Lipinski definition) is 3. The highest BCUT2D eigenvalue weighted by Gasteiger charge is 2.23. The molecule has 0 unspecified atom stereocenters. The molecule has 1 heterocycles. The summed E-state index contributed by atoms with van der Waals surface area (Å²) in [6, 6.07) is 0. The summed E-state index contributed by atoms with van der Waals surface area (Å²) < 4.78 is 0. The first kappa shape index (κ1) is 9.48. The molecule has 0 aliphatic carbocycles. The van der Waals surface area contributed by atoms with Crippen molar-refractivity contribution in [3.63, 3.8) is 0 Å². The summed E-state index contributed by atoms with van der Waals surface area (Å²) in [5.74, 6) is -0.753. The summed E-state index contributed by atoms with van der Waals surface area (Å²) in [4.78, 5) is 12.8. The van der Waals surface area contributed by atoms with E-state index in [1.54, 1.807) is 0 Å². The van der Waals surface area contributed by atoms with Crippen LogP contribution in [0.3, 0.4) is 0 Å². The van der Waals surface area contributed by atoms with Crippen LogP contribution in [0.2, 0.25) is 0 Å². The number of nitrogens with zero attached hydrogens (tertiary/aromatic N) is 1. The monoisotopic (exact) mass is 172 g/mol. The number of likely N-dealkylation sites (tertiary alicyclic amines) is 1. The molecular formula is C8H16N2O2. The van der Waals surface area contributed by atoms with E-state index in [0.29, 0.717) is 0 Å². The molecule has 0 aromatic rings.